The van der Waals surface area contributed by atoms with Crippen molar-refractivity contribution in [3.63, 3.8) is 0 Å². The molecule has 4 rings (SSSR count). The Kier molecular flexibility index (Phi) is 9.65. The van der Waals surface area contributed by atoms with Gasteiger partial charge in [-0.2, -0.15) is 0 Å². The van der Waals surface area contributed by atoms with Crippen LogP contribution in [-0.4, -0.2) is 76.8 Å². The Morgan fingerprint density at radius 1 is 1.18 bits per heavy atom. The number of hydrogen-bond acceptors (Lipinski definition) is 5. The van der Waals surface area contributed by atoms with Crippen molar-refractivity contribution in [3.8, 4) is 0 Å². The van der Waals surface area contributed by atoms with Gasteiger partial charge in [0.1, 0.15) is 12.1 Å². The first-order valence-corrected chi connectivity index (χ1v) is 14.4. The molecule has 5 amide bonds. The molecule has 0 unspecified atom stereocenters. The van der Waals surface area contributed by atoms with Crippen LogP contribution in [0.1, 0.15) is 56.3 Å². The van der Waals surface area contributed by atoms with Crippen LogP contribution in [0.4, 0.5) is 4.39 Å². The third kappa shape index (κ3) is 6.40. The Balaban J connectivity index is 1.56. The Morgan fingerprint density at radius 2 is 1.90 bits per heavy atom. The molecule has 3 N–H and O–H groups in total. The molecule has 7 atom stereocenters. The van der Waals surface area contributed by atoms with Crippen LogP contribution in [0.2, 0.25) is 0 Å². The first kappa shape index (κ1) is 29.8. The smallest absolute Gasteiger partial charge is 0.291 e. The Morgan fingerprint density at radius 3 is 2.52 bits per heavy atom. The minimum atomic E-state index is -2.41. The predicted octanol–water partition coefficient (Wildman–Crippen LogP) is 1.99. The van der Waals surface area contributed by atoms with E-state index in [0.717, 1.165) is 24.3 Å². The van der Waals surface area contributed by atoms with Gasteiger partial charge in [-0.05, 0) is 49.1 Å². The average molecular weight is 578 g/mol. The number of nitrogens with zero attached hydrogens (tertiary/aromatic N) is 2. The molecule has 0 bridgehead atoms. The van der Waals surface area contributed by atoms with Crippen LogP contribution >= 0.6 is 11.6 Å². The number of amides is 5. The molecule has 2 aliphatic heterocycles. The van der Waals surface area contributed by atoms with Gasteiger partial charge in [-0.25, -0.2) is 9.40 Å². The Hall–Kier alpha value is -3.21. The van der Waals surface area contributed by atoms with Gasteiger partial charge in [-0.1, -0.05) is 56.5 Å². The third-order valence-corrected chi connectivity index (χ3v) is 8.69. The molecule has 0 spiro atoms. The second-order valence-corrected chi connectivity index (χ2v) is 11.4. The lowest BCUT2D eigenvalue weighted by Gasteiger charge is -2.34. The minimum absolute atomic E-state index is 0.0915. The molecular formula is C28H37ClFN5O5. The first-order chi connectivity index (χ1) is 19.1. The first-order valence-electron chi connectivity index (χ1n) is 14.0. The van der Waals surface area contributed by atoms with Crippen molar-refractivity contribution >= 4 is 41.1 Å². The zero-order valence-electron chi connectivity index (χ0n) is 22.8. The van der Waals surface area contributed by atoms with Crippen LogP contribution in [0.15, 0.2) is 30.3 Å². The monoisotopic (exact) mass is 577 g/mol. The summed E-state index contributed by atoms with van der Waals surface area (Å²) >= 11 is 5.43. The highest BCUT2D eigenvalue weighted by Gasteiger charge is 2.51. The van der Waals surface area contributed by atoms with Crippen LogP contribution in [-0.2, 0) is 19.2 Å². The summed E-state index contributed by atoms with van der Waals surface area (Å²) in [4.78, 5) is 67.0. The van der Waals surface area contributed by atoms with E-state index in [1.165, 1.54) is 4.90 Å². The molecule has 12 heteroatoms. The van der Waals surface area contributed by atoms with Gasteiger partial charge in [0.2, 0.25) is 11.8 Å². The lowest BCUT2D eigenvalue weighted by Crippen LogP contribution is -2.60. The number of rotatable bonds is 9. The van der Waals surface area contributed by atoms with Crippen LogP contribution in [0.3, 0.4) is 0 Å². The summed E-state index contributed by atoms with van der Waals surface area (Å²) in [5, 5.41) is 6.30. The van der Waals surface area contributed by atoms with Crippen molar-refractivity contribution < 1.29 is 28.4 Å². The highest BCUT2D eigenvalue weighted by molar-refractivity contribution is 6.29. The van der Waals surface area contributed by atoms with Gasteiger partial charge in [0.15, 0.2) is 0 Å². The van der Waals surface area contributed by atoms with Crippen LogP contribution in [0.25, 0.3) is 0 Å². The zero-order chi connectivity index (χ0) is 29.0. The maximum Gasteiger partial charge on any atom is 0.291 e. The van der Waals surface area contributed by atoms with Gasteiger partial charge in [-0.15, -0.1) is 0 Å². The second kappa shape index (κ2) is 13.0. The lowest BCUT2D eigenvalue weighted by atomic mass is 9.93. The fourth-order valence-electron chi connectivity index (χ4n) is 6.09. The molecule has 1 aromatic rings. The van der Waals surface area contributed by atoms with Gasteiger partial charge in [0.05, 0.1) is 12.5 Å². The van der Waals surface area contributed by atoms with Gasteiger partial charge in [-0.3, -0.25) is 29.4 Å². The van der Waals surface area contributed by atoms with E-state index in [-0.39, 0.29) is 42.0 Å². The highest BCUT2D eigenvalue weighted by atomic mass is 35.5. The summed E-state index contributed by atoms with van der Waals surface area (Å²) in [5.41, 5.74) is 0.504. The average Bonchev–Trinajstić information content (AvgIpc) is 3.66. The molecule has 2 saturated heterocycles. The number of alkyl halides is 2. The number of carbonyl (C=O) groups excluding carboxylic acids is 5. The van der Waals surface area contributed by atoms with E-state index < -0.39 is 35.4 Å². The molecule has 40 heavy (non-hydrogen) atoms. The highest BCUT2D eigenvalue weighted by Crippen LogP contribution is 2.42. The molecule has 3 aliphatic rings. The molecule has 218 valence electrons. The molecule has 10 nitrogen and oxygen atoms in total. The van der Waals surface area contributed by atoms with Crippen molar-refractivity contribution in [2.24, 2.45) is 23.7 Å². The van der Waals surface area contributed by atoms with Crippen molar-refractivity contribution in [3.05, 3.63) is 35.9 Å². The topological polar surface area (TPSA) is 128 Å². The number of hydrazine groups is 1. The number of hydrogen-bond donors (Lipinski definition) is 3. The molecule has 3 fully saturated rings. The fraction of sp³-hybridized carbons (Fsp3) is 0.607. The molecule has 1 aromatic carbocycles. The summed E-state index contributed by atoms with van der Waals surface area (Å²) < 4.78 is 13.9. The van der Waals surface area contributed by atoms with Crippen molar-refractivity contribution in [2.45, 2.75) is 63.7 Å². The summed E-state index contributed by atoms with van der Waals surface area (Å²) in [7, 11) is 0. The quantitative estimate of drug-likeness (QED) is 0.305. The van der Waals surface area contributed by atoms with Crippen molar-refractivity contribution in [1.82, 2.24) is 26.0 Å². The van der Waals surface area contributed by atoms with E-state index in [4.69, 9.17) is 11.6 Å². The Bertz CT molecular complexity index is 1120. The van der Waals surface area contributed by atoms with E-state index in [0.29, 0.717) is 31.5 Å². The number of carbonyl (C=O) groups is 5. The lowest BCUT2D eigenvalue weighted by molar-refractivity contribution is -0.149. The van der Waals surface area contributed by atoms with Gasteiger partial charge >= 0.3 is 0 Å². The molecule has 0 radical (unpaired) electrons. The maximum absolute atomic E-state index is 14.0. The van der Waals surface area contributed by atoms with Gasteiger partial charge < -0.3 is 15.5 Å². The Labute approximate surface area is 238 Å². The van der Waals surface area contributed by atoms with E-state index in [1.54, 1.807) is 30.3 Å². The zero-order valence-corrected chi connectivity index (χ0v) is 23.5. The number of likely N-dealkylation sites (tertiary alicyclic amines) is 1. The summed E-state index contributed by atoms with van der Waals surface area (Å²) in [6, 6.07) is 6.81. The van der Waals surface area contributed by atoms with Gasteiger partial charge in [0.25, 0.3) is 23.4 Å². The van der Waals surface area contributed by atoms with E-state index in [1.807, 2.05) is 13.8 Å². The normalized spacial score (nSPS) is 25.9. The summed E-state index contributed by atoms with van der Waals surface area (Å²) in [6.07, 6.45) is 3.51. The number of fused-ring (bicyclic) bond motifs is 1. The number of nitrogens with one attached hydrogen (secondary N) is 3. The molecule has 1 aliphatic carbocycles. The largest absolute Gasteiger partial charge is 0.356 e. The fourth-order valence-corrected chi connectivity index (χ4v) is 6.21. The van der Waals surface area contributed by atoms with E-state index in [2.05, 4.69) is 16.1 Å². The van der Waals surface area contributed by atoms with Crippen LogP contribution in [0, 0.1) is 23.7 Å². The molecule has 0 aromatic heterocycles. The van der Waals surface area contributed by atoms with E-state index >= 15 is 0 Å². The SMILES string of the molecule is CC[C@H](C)[C@H](NC(=O)c1ccccc1)C(=O)N1C[C@@H]2CCC[C@@H]2[C@H]1C(=O)NN(C[C@@H]1CCNC1=O)C(=O)[C@H](F)Cl. The van der Waals surface area contributed by atoms with Crippen molar-refractivity contribution in [1.29, 1.82) is 0 Å². The molecular weight excluding hydrogens is 541 g/mol. The minimum Gasteiger partial charge on any atom is -0.356 e. The van der Waals surface area contributed by atoms with Crippen LogP contribution in [0.5, 0.6) is 0 Å². The number of halogens is 2. The second-order valence-electron chi connectivity index (χ2n) is 11.0. The number of benzene rings is 1. The summed E-state index contributed by atoms with van der Waals surface area (Å²) in [5.74, 6) is -3.76. The molecule has 1 saturated carbocycles. The van der Waals surface area contributed by atoms with Crippen LogP contribution < -0.4 is 16.1 Å². The maximum atomic E-state index is 14.0. The summed E-state index contributed by atoms with van der Waals surface area (Å²) in [6.45, 7) is 4.32. The predicted molar refractivity (Wildman–Crippen MR) is 145 cm³/mol. The third-order valence-electron chi connectivity index (χ3n) is 8.51. The molecule has 2 heterocycles. The van der Waals surface area contributed by atoms with Gasteiger partial charge in [0, 0.05) is 18.7 Å². The standard InChI is InChI=1S/C28H37ClFN5O5/c1-3-16(2)21(32-25(37)17-8-5-4-6-9-17)27(39)34-14-18-10-7-11-20(18)22(34)26(38)33-35(28(40)23(29)30)15-19-12-13-31-24(19)36/h4-6,8-9,16,18-23H,3,7,10-15H2,1-2H3,(H,31,36)(H,32,37)(H,33,38)/t16-,18-,19-,20-,21-,22-,23-/m0/s1. The van der Waals surface area contributed by atoms with Crippen molar-refractivity contribution in [2.75, 3.05) is 19.6 Å². The van der Waals surface area contributed by atoms with E-state index in [9.17, 15) is 28.4 Å².